The number of fused-ring (bicyclic) bond motifs is 1. The first-order valence-corrected chi connectivity index (χ1v) is 9.25. The zero-order valence-corrected chi connectivity index (χ0v) is 15.4. The average molecular weight is 361 g/mol. The number of benzene rings is 1. The van der Waals surface area contributed by atoms with Gasteiger partial charge in [-0.05, 0) is 56.4 Å². The van der Waals surface area contributed by atoms with Crippen LogP contribution in [0.5, 0.6) is 5.88 Å². The molecule has 1 aliphatic rings. The summed E-state index contributed by atoms with van der Waals surface area (Å²) < 4.78 is 0. The van der Waals surface area contributed by atoms with Gasteiger partial charge in [0.15, 0.2) is 5.88 Å². The molecule has 0 atom stereocenters. The number of hydrogen-bond donors (Lipinski definition) is 2. The van der Waals surface area contributed by atoms with Gasteiger partial charge in [0.2, 0.25) is 0 Å². The highest BCUT2D eigenvalue weighted by atomic mass is 16.3. The van der Waals surface area contributed by atoms with Gasteiger partial charge in [0.25, 0.3) is 0 Å². The maximum absolute atomic E-state index is 10.3. The van der Waals surface area contributed by atoms with Crippen molar-refractivity contribution in [1.29, 1.82) is 5.26 Å². The molecule has 1 fully saturated rings. The molecule has 0 aliphatic carbocycles. The van der Waals surface area contributed by atoms with Crippen LogP contribution < -0.4 is 0 Å². The molecular formula is C21H23N5O. The largest absolute Gasteiger partial charge is 0.494 e. The fourth-order valence-corrected chi connectivity index (χ4v) is 3.69. The lowest BCUT2D eigenvalue weighted by atomic mass is 10.1. The Morgan fingerprint density at radius 3 is 2.85 bits per heavy atom. The van der Waals surface area contributed by atoms with Crippen molar-refractivity contribution in [1.82, 2.24) is 19.8 Å². The van der Waals surface area contributed by atoms with Crippen molar-refractivity contribution in [3.05, 3.63) is 47.7 Å². The summed E-state index contributed by atoms with van der Waals surface area (Å²) in [5, 5.41) is 20.3. The summed E-state index contributed by atoms with van der Waals surface area (Å²) in [4.78, 5) is 12.4. The third kappa shape index (κ3) is 3.65. The normalized spacial score (nSPS) is 16.3. The fraction of sp³-hybridized carbons (Fsp3) is 0.333. The summed E-state index contributed by atoms with van der Waals surface area (Å²) in [6.07, 6.45) is 3.07. The highest BCUT2D eigenvalue weighted by Crippen LogP contribution is 2.36. The van der Waals surface area contributed by atoms with E-state index < -0.39 is 0 Å². The number of H-pyrrole nitrogens is 1. The molecule has 0 radical (unpaired) electrons. The predicted molar refractivity (Wildman–Crippen MR) is 105 cm³/mol. The second kappa shape index (κ2) is 7.39. The number of nitrogens with zero attached hydrogens (tertiary/aromatic N) is 4. The van der Waals surface area contributed by atoms with Gasteiger partial charge < -0.3 is 15.0 Å². The van der Waals surface area contributed by atoms with Gasteiger partial charge >= 0.3 is 0 Å². The summed E-state index contributed by atoms with van der Waals surface area (Å²) in [6, 6.07) is 11.5. The van der Waals surface area contributed by atoms with Crippen molar-refractivity contribution in [2.24, 2.45) is 0 Å². The summed E-state index contributed by atoms with van der Waals surface area (Å²) in [5.41, 5.74) is 3.87. The Kier molecular flexibility index (Phi) is 4.80. The number of hydrogen-bond acceptors (Lipinski definition) is 5. The molecule has 0 spiro atoms. The smallest absolute Gasteiger partial charge is 0.199 e. The third-order valence-corrected chi connectivity index (χ3v) is 5.21. The van der Waals surface area contributed by atoms with E-state index in [9.17, 15) is 5.11 Å². The Labute approximate surface area is 158 Å². The first-order valence-electron chi connectivity index (χ1n) is 9.25. The first-order chi connectivity index (χ1) is 13.1. The van der Waals surface area contributed by atoms with Crippen LogP contribution in [0.15, 0.2) is 36.5 Å². The number of pyridine rings is 1. The van der Waals surface area contributed by atoms with Gasteiger partial charge in [0, 0.05) is 36.7 Å². The molecular weight excluding hydrogens is 338 g/mol. The minimum Gasteiger partial charge on any atom is -0.494 e. The lowest BCUT2D eigenvalue weighted by Gasteiger charge is -2.20. The molecule has 0 amide bonds. The molecule has 1 aromatic carbocycles. The number of aromatic nitrogens is 2. The molecule has 1 saturated heterocycles. The number of rotatable bonds is 3. The maximum Gasteiger partial charge on any atom is 0.199 e. The molecule has 2 aromatic heterocycles. The average Bonchev–Trinajstić information content (AvgIpc) is 2.87. The molecule has 27 heavy (non-hydrogen) atoms. The Morgan fingerprint density at radius 2 is 2.07 bits per heavy atom. The molecule has 3 aromatic rings. The van der Waals surface area contributed by atoms with Gasteiger partial charge in [-0.2, -0.15) is 5.26 Å². The van der Waals surface area contributed by atoms with Gasteiger partial charge in [-0.3, -0.25) is 9.88 Å². The van der Waals surface area contributed by atoms with Crippen LogP contribution >= 0.6 is 0 Å². The number of nitrogens with one attached hydrogen (secondary N) is 1. The van der Waals surface area contributed by atoms with Crippen LogP contribution in [0.4, 0.5) is 0 Å². The number of aromatic amines is 1. The summed E-state index contributed by atoms with van der Waals surface area (Å²) in [5.74, 6) is 0.0795. The molecule has 138 valence electrons. The van der Waals surface area contributed by atoms with Crippen LogP contribution in [0.3, 0.4) is 0 Å². The molecule has 6 heteroatoms. The SMILES string of the molecule is CN1CCCN(Cc2ccc(-c3c(O)[nH]c4ccc(C#N)cc34)nc2)CC1. The topological polar surface area (TPSA) is 79.2 Å². The summed E-state index contributed by atoms with van der Waals surface area (Å²) in [7, 11) is 2.17. The third-order valence-electron chi connectivity index (χ3n) is 5.21. The van der Waals surface area contributed by atoms with Crippen molar-refractivity contribution >= 4 is 10.9 Å². The van der Waals surface area contributed by atoms with E-state index in [1.54, 1.807) is 12.1 Å². The molecule has 6 nitrogen and oxygen atoms in total. The van der Waals surface area contributed by atoms with E-state index in [4.69, 9.17) is 5.26 Å². The minimum absolute atomic E-state index is 0.0795. The lowest BCUT2D eigenvalue weighted by molar-refractivity contribution is 0.269. The molecule has 0 saturated carbocycles. The van der Waals surface area contributed by atoms with Crippen molar-refractivity contribution in [2.45, 2.75) is 13.0 Å². The standard InChI is InChI=1S/C21H23N5O/c1-25-7-2-8-26(10-9-25)14-16-4-6-19(23-13-16)20-17-11-15(12-22)3-5-18(17)24-21(20)27/h3-6,11,13,24,27H,2,7-10,14H2,1H3. The van der Waals surface area contributed by atoms with Crippen LogP contribution in [0.25, 0.3) is 22.2 Å². The number of aromatic hydroxyl groups is 1. The highest BCUT2D eigenvalue weighted by molar-refractivity contribution is 5.98. The van der Waals surface area contributed by atoms with Gasteiger partial charge in [0.05, 0.1) is 22.9 Å². The van der Waals surface area contributed by atoms with Crippen LogP contribution in [-0.4, -0.2) is 58.1 Å². The van der Waals surface area contributed by atoms with E-state index in [-0.39, 0.29) is 5.88 Å². The van der Waals surface area contributed by atoms with Crippen molar-refractivity contribution in [3.8, 4) is 23.2 Å². The highest BCUT2D eigenvalue weighted by Gasteiger charge is 2.16. The van der Waals surface area contributed by atoms with E-state index in [1.807, 2.05) is 18.3 Å². The van der Waals surface area contributed by atoms with Gasteiger partial charge in [-0.1, -0.05) is 6.07 Å². The first kappa shape index (κ1) is 17.5. The molecule has 4 rings (SSSR count). The lowest BCUT2D eigenvalue weighted by Crippen LogP contribution is -2.28. The Morgan fingerprint density at radius 1 is 1.19 bits per heavy atom. The van der Waals surface area contributed by atoms with Gasteiger partial charge in [-0.25, -0.2) is 0 Å². The second-order valence-electron chi connectivity index (χ2n) is 7.21. The van der Waals surface area contributed by atoms with E-state index in [2.05, 4.69) is 39.0 Å². The summed E-state index contributed by atoms with van der Waals surface area (Å²) in [6.45, 7) is 5.30. The number of nitriles is 1. The van der Waals surface area contributed by atoms with Crippen LogP contribution in [0, 0.1) is 11.3 Å². The molecule has 3 heterocycles. The van der Waals surface area contributed by atoms with E-state index in [0.29, 0.717) is 16.8 Å². The monoisotopic (exact) mass is 361 g/mol. The summed E-state index contributed by atoms with van der Waals surface area (Å²) >= 11 is 0. The zero-order valence-electron chi connectivity index (χ0n) is 15.4. The fourth-order valence-electron chi connectivity index (χ4n) is 3.69. The quantitative estimate of drug-likeness (QED) is 0.750. The molecule has 2 N–H and O–H groups in total. The number of likely N-dealkylation sites (N-methyl/N-ethyl adjacent to an activating group) is 1. The Balaban J connectivity index is 1.58. The van der Waals surface area contributed by atoms with Gasteiger partial charge in [-0.15, -0.1) is 0 Å². The zero-order chi connectivity index (χ0) is 18.8. The molecule has 1 aliphatic heterocycles. The Bertz CT molecular complexity index is 986. The van der Waals surface area contributed by atoms with Crippen molar-refractivity contribution < 1.29 is 5.11 Å². The molecule has 0 unspecified atom stereocenters. The van der Waals surface area contributed by atoms with E-state index in [1.165, 1.54) is 12.0 Å². The van der Waals surface area contributed by atoms with E-state index in [0.717, 1.165) is 43.6 Å². The predicted octanol–water partition coefficient (Wildman–Crippen LogP) is 2.94. The van der Waals surface area contributed by atoms with Crippen molar-refractivity contribution in [2.75, 3.05) is 33.2 Å². The minimum atomic E-state index is 0.0795. The van der Waals surface area contributed by atoms with Crippen molar-refractivity contribution in [3.63, 3.8) is 0 Å². The van der Waals surface area contributed by atoms with Crippen LogP contribution in [0.1, 0.15) is 17.5 Å². The van der Waals surface area contributed by atoms with E-state index >= 15 is 0 Å². The second-order valence-corrected chi connectivity index (χ2v) is 7.21. The van der Waals surface area contributed by atoms with Crippen LogP contribution in [-0.2, 0) is 6.54 Å². The molecule has 0 bridgehead atoms. The van der Waals surface area contributed by atoms with Crippen LogP contribution in [0.2, 0.25) is 0 Å². The maximum atomic E-state index is 10.3. The van der Waals surface area contributed by atoms with Gasteiger partial charge in [0.1, 0.15) is 0 Å². The Hall–Kier alpha value is -2.88.